The van der Waals surface area contributed by atoms with E-state index < -0.39 is 18.2 Å². The first kappa shape index (κ1) is 13.1. The number of nitriles is 1. The van der Waals surface area contributed by atoms with E-state index in [1.807, 2.05) is 6.07 Å². The summed E-state index contributed by atoms with van der Waals surface area (Å²) in [6.45, 7) is -0.250. The van der Waals surface area contributed by atoms with Crippen molar-refractivity contribution in [2.75, 3.05) is 13.1 Å². The number of likely N-dealkylation sites (tertiary alicyclic amines) is 1. The molecule has 1 aromatic heterocycles. The highest BCUT2D eigenvalue weighted by Gasteiger charge is 2.47. The second-order valence-electron chi connectivity index (χ2n) is 3.94. The number of hydrogen-bond donors (Lipinski definition) is 0. The maximum absolute atomic E-state index is 12.1. The predicted molar refractivity (Wildman–Crippen MR) is 56.0 cm³/mol. The number of alkyl halides is 3. The van der Waals surface area contributed by atoms with Crippen LogP contribution in [0.5, 0.6) is 5.88 Å². The molecule has 100 valence electrons. The van der Waals surface area contributed by atoms with E-state index in [9.17, 15) is 18.0 Å². The maximum atomic E-state index is 12.1. The van der Waals surface area contributed by atoms with E-state index in [4.69, 9.17) is 10.00 Å². The molecule has 2 rings (SSSR count). The molecule has 0 unspecified atom stereocenters. The summed E-state index contributed by atoms with van der Waals surface area (Å²) >= 11 is 0. The van der Waals surface area contributed by atoms with Gasteiger partial charge in [0.05, 0.1) is 18.7 Å². The van der Waals surface area contributed by atoms with Gasteiger partial charge in [-0.2, -0.15) is 18.4 Å². The van der Waals surface area contributed by atoms with Crippen molar-refractivity contribution in [3.05, 3.63) is 23.9 Å². The topological polar surface area (TPSA) is 66.2 Å². The lowest BCUT2D eigenvalue weighted by Gasteiger charge is -2.38. The smallest absolute Gasteiger partial charge is 0.471 e. The Labute approximate surface area is 106 Å². The van der Waals surface area contributed by atoms with Crippen molar-refractivity contribution in [3.8, 4) is 11.9 Å². The van der Waals surface area contributed by atoms with E-state index in [1.165, 1.54) is 18.3 Å². The van der Waals surface area contributed by atoms with Crippen molar-refractivity contribution in [1.82, 2.24) is 9.88 Å². The predicted octanol–water partition coefficient (Wildman–Crippen LogP) is 1.11. The Bertz CT molecular complexity index is 515. The van der Waals surface area contributed by atoms with E-state index in [2.05, 4.69) is 4.98 Å². The van der Waals surface area contributed by atoms with E-state index in [0.717, 1.165) is 0 Å². The zero-order chi connectivity index (χ0) is 14.0. The summed E-state index contributed by atoms with van der Waals surface area (Å²) in [6, 6.07) is 4.82. The van der Waals surface area contributed by atoms with Gasteiger partial charge in [0.15, 0.2) is 0 Å². The van der Waals surface area contributed by atoms with Crippen LogP contribution in [0.1, 0.15) is 5.56 Å². The molecular weight excluding hydrogens is 263 g/mol. The molecule has 0 atom stereocenters. The number of hydrogen-bond acceptors (Lipinski definition) is 4. The number of rotatable bonds is 2. The first-order valence-electron chi connectivity index (χ1n) is 5.29. The van der Waals surface area contributed by atoms with E-state index in [0.29, 0.717) is 10.5 Å². The van der Waals surface area contributed by atoms with Gasteiger partial charge in [0.1, 0.15) is 12.2 Å². The minimum absolute atomic E-state index is 0.125. The van der Waals surface area contributed by atoms with Crippen LogP contribution < -0.4 is 4.74 Å². The van der Waals surface area contributed by atoms with Crippen LogP contribution in [0.2, 0.25) is 0 Å². The van der Waals surface area contributed by atoms with Gasteiger partial charge in [0.25, 0.3) is 0 Å². The van der Waals surface area contributed by atoms with Crippen molar-refractivity contribution in [3.63, 3.8) is 0 Å². The second kappa shape index (κ2) is 4.76. The van der Waals surface area contributed by atoms with Gasteiger partial charge in [-0.3, -0.25) is 4.79 Å². The number of amides is 1. The first-order chi connectivity index (χ1) is 8.90. The van der Waals surface area contributed by atoms with Crippen molar-refractivity contribution in [2.45, 2.75) is 12.3 Å². The molecule has 1 fully saturated rings. The molecule has 1 amide bonds. The zero-order valence-electron chi connectivity index (χ0n) is 9.52. The van der Waals surface area contributed by atoms with Crippen LogP contribution in [-0.2, 0) is 4.79 Å². The normalized spacial score (nSPS) is 15.6. The Balaban J connectivity index is 1.85. The molecule has 1 saturated heterocycles. The fraction of sp³-hybridized carbons (Fsp3) is 0.364. The Hall–Kier alpha value is -2.30. The summed E-state index contributed by atoms with van der Waals surface area (Å²) in [4.78, 5) is 15.3. The Morgan fingerprint density at radius 1 is 1.47 bits per heavy atom. The molecule has 8 heteroatoms. The number of ether oxygens (including phenoxy) is 1. The summed E-state index contributed by atoms with van der Waals surface area (Å²) in [7, 11) is 0. The summed E-state index contributed by atoms with van der Waals surface area (Å²) in [6.07, 6.45) is -4.06. The molecule has 1 aliphatic heterocycles. The molecule has 2 heterocycles. The van der Waals surface area contributed by atoms with Crippen LogP contribution >= 0.6 is 0 Å². The van der Waals surface area contributed by atoms with Crippen LogP contribution in [0.3, 0.4) is 0 Å². The summed E-state index contributed by atoms with van der Waals surface area (Å²) in [5, 5.41) is 8.56. The van der Waals surface area contributed by atoms with Crippen LogP contribution in [0.15, 0.2) is 18.3 Å². The van der Waals surface area contributed by atoms with Crippen LogP contribution in [0.4, 0.5) is 13.2 Å². The molecule has 0 bridgehead atoms. The van der Waals surface area contributed by atoms with E-state index in [-0.39, 0.29) is 19.0 Å². The molecule has 5 nitrogen and oxygen atoms in total. The highest BCUT2D eigenvalue weighted by atomic mass is 19.4. The van der Waals surface area contributed by atoms with Gasteiger partial charge in [-0.15, -0.1) is 0 Å². The molecule has 1 aromatic rings. The zero-order valence-corrected chi connectivity index (χ0v) is 9.52. The minimum atomic E-state index is -4.85. The molecule has 0 N–H and O–H groups in total. The number of carbonyl (C=O) groups excluding carboxylic acids is 1. The molecule has 0 spiro atoms. The van der Waals surface area contributed by atoms with Gasteiger partial charge >= 0.3 is 12.1 Å². The van der Waals surface area contributed by atoms with Crippen LogP contribution in [-0.4, -0.2) is 41.2 Å². The maximum Gasteiger partial charge on any atom is 0.471 e. The van der Waals surface area contributed by atoms with Gasteiger partial charge in [-0.05, 0) is 6.07 Å². The standard InChI is InChI=1S/C11H8F3N3O2/c12-11(13,14)10(18)17-5-8(6-17)19-9-2-1-7(3-15)4-16-9/h1-2,4,8H,5-6H2. The van der Waals surface area contributed by atoms with Gasteiger partial charge in [-0.1, -0.05) is 0 Å². The number of halogens is 3. The number of nitrogens with zero attached hydrogens (tertiary/aromatic N) is 3. The number of aromatic nitrogens is 1. The molecule has 0 saturated carbocycles. The van der Waals surface area contributed by atoms with Gasteiger partial charge in [0.2, 0.25) is 5.88 Å². The average Bonchev–Trinajstić information content (AvgIpc) is 2.32. The van der Waals surface area contributed by atoms with Crippen molar-refractivity contribution < 1.29 is 22.7 Å². The highest BCUT2D eigenvalue weighted by Crippen LogP contribution is 2.23. The SMILES string of the molecule is N#Cc1ccc(OC2CN(C(=O)C(F)(F)F)C2)nc1. The quantitative estimate of drug-likeness (QED) is 0.808. The Morgan fingerprint density at radius 3 is 2.63 bits per heavy atom. The molecular formula is C11H8F3N3O2. The molecule has 0 aliphatic carbocycles. The lowest BCUT2D eigenvalue weighted by molar-refractivity contribution is -0.193. The Morgan fingerprint density at radius 2 is 2.16 bits per heavy atom. The molecule has 19 heavy (non-hydrogen) atoms. The highest BCUT2D eigenvalue weighted by molar-refractivity contribution is 5.82. The number of pyridine rings is 1. The fourth-order valence-electron chi connectivity index (χ4n) is 1.54. The summed E-state index contributed by atoms with van der Waals surface area (Å²) in [5.74, 6) is -1.65. The Kier molecular flexibility index (Phi) is 3.29. The monoisotopic (exact) mass is 271 g/mol. The number of carbonyl (C=O) groups is 1. The summed E-state index contributed by atoms with van der Waals surface area (Å²) in [5.41, 5.74) is 0.356. The first-order valence-corrected chi connectivity index (χ1v) is 5.29. The largest absolute Gasteiger partial charge is 0.471 e. The minimum Gasteiger partial charge on any atom is -0.471 e. The van der Waals surface area contributed by atoms with Crippen molar-refractivity contribution in [2.24, 2.45) is 0 Å². The van der Waals surface area contributed by atoms with Crippen molar-refractivity contribution in [1.29, 1.82) is 5.26 Å². The average molecular weight is 271 g/mol. The van der Waals surface area contributed by atoms with Crippen LogP contribution in [0.25, 0.3) is 0 Å². The lowest BCUT2D eigenvalue weighted by Crippen LogP contribution is -2.59. The van der Waals surface area contributed by atoms with E-state index >= 15 is 0 Å². The third-order valence-corrected chi connectivity index (χ3v) is 2.53. The third-order valence-electron chi connectivity index (χ3n) is 2.53. The summed E-state index contributed by atoms with van der Waals surface area (Å²) < 4.78 is 41.5. The lowest BCUT2D eigenvalue weighted by atomic mass is 10.1. The van der Waals surface area contributed by atoms with Crippen molar-refractivity contribution >= 4 is 5.91 Å². The molecule has 1 aliphatic rings. The van der Waals surface area contributed by atoms with Gasteiger partial charge < -0.3 is 9.64 Å². The van der Waals surface area contributed by atoms with Gasteiger partial charge in [-0.25, -0.2) is 4.98 Å². The molecule has 0 aromatic carbocycles. The van der Waals surface area contributed by atoms with E-state index in [1.54, 1.807) is 0 Å². The van der Waals surface area contributed by atoms with Gasteiger partial charge in [0, 0.05) is 12.3 Å². The van der Waals surface area contributed by atoms with Crippen LogP contribution in [0, 0.1) is 11.3 Å². The fourth-order valence-corrected chi connectivity index (χ4v) is 1.54. The second-order valence-corrected chi connectivity index (χ2v) is 3.94. The molecule has 0 radical (unpaired) electrons. The third kappa shape index (κ3) is 2.93.